The van der Waals surface area contributed by atoms with Crippen molar-refractivity contribution in [3.05, 3.63) is 4.88 Å². The predicted molar refractivity (Wildman–Crippen MR) is 78.4 cm³/mol. The number of nitrogens with two attached hydrogens (primary N) is 1. The third-order valence-electron chi connectivity index (χ3n) is 2.66. The Balaban J connectivity index is 3.12. The fourth-order valence-corrected chi connectivity index (χ4v) is 2.76. The number of carbonyl (C=O) groups is 1. The molecule has 0 saturated carbocycles. The lowest BCUT2D eigenvalue weighted by atomic mass is 10.3. The molecule has 6 nitrogen and oxygen atoms in total. The van der Waals surface area contributed by atoms with E-state index in [1.807, 2.05) is 11.9 Å². The van der Waals surface area contributed by atoms with Crippen LogP contribution in [0.15, 0.2) is 0 Å². The molecule has 1 heterocycles. The lowest BCUT2D eigenvalue weighted by molar-refractivity contribution is 0.0833. The monoisotopic (exact) mass is 287 g/mol. The summed E-state index contributed by atoms with van der Waals surface area (Å²) in [6.45, 7) is 1.29. The molecular weight excluding hydrogens is 266 g/mol. The van der Waals surface area contributed by atoms with E-state index >= 15 is 0 Å². The highest BCUT2D eigenvalue weighted by atomic mass is 32.1. The Kier molecular flexibility index (Phi) is 5.44. The summed E-state index contributed by atoms with van der Waals surface area (Å²) in [7, 11) is 8.51. The first-order chi connectivity index (χ1) is 8.93. The Bertz CT molecular complexity index is 446. The molecule has 0 aliphatic heterocycles. The van der Waals surface area contributed by atoms with Crippen molar-refractivity contribution in [1.82, 2.24) is 4.90 Å². The van der Waals surface area contributed by atoms with Gasteiger partial charge in [0.05, 0.1) is 13.7 Å². The van der Waals surface area contributed by atoms with Crippen molar-refractivity contribution in [3.63, 3.8) is 0 Å². The number of nitrogen functional groups attached to an aromatic ring is 1. The van der Waals surface area contributed by atoms with Crippen LogP contribution in [0.3, 0.4) is 0 Å². The maximum absolute atomic E-state index is 12.0. The van der Waals surface area contributed by atoms with Crippen molar-refractivity contribution in [1.29, 1.82) is 0 Å². The Hall–Kier alpha value is -1.47. The zero-order valence-corrected chi connectivity index (χ0v) is 12.8. The molecule has 0 saturated heterocycles. The van der Waals surface area contributed by atoms with Gasteiger partial charge in [0.2, 0.25) is 0 Å². The molecular formula is C12H21N3O3S. The summed E-state index contributed by atoms with van der Waals surface area (Å²) < 4.78 is 10.4. The molecule has 2 N–H and O–H groups in total. The average molecular weight is 287 g/mol. The first kappa shape index (κ1) is 15.6. The molecule has 0 radical (unpaired) electrons. The minimum atomic E-state index is -0.118. The van der Waals surface area contributed by atoms with E-state index in [2.05, 4.69) is 0 Å². The van der Waals surface area contributed by atoms with Gasteiger partial charge in [0, 0.05) is 34.8 Å². The van der Waals surface area contributed by atoms with Crippen molar-refractivity contribution >= 4 is 27.9 Å². The van der Waals surface area contributed by atoms with Crippen LogP contribution in [-0.2, 0) is 4.74 Å². The van der Waals surface area contributed by atoms with Crippen molar-refractivity contribution < 1.29 is 14.3 Å². The van der Waals surface area contributed by atoms with Gasteiger partial charge in [-0.25, -0.2) is 0 Å². The van der Waals surface area contributed by atoms with E-state index in [1.165, 1.54) is 16.2 Å². The number of hydrogen-bond donors (Lipinski definition) is 1. The zero-order valence-electron chi connectivity index (χ0n) is 12.0. The summed E-state index contributed by atoms with van der Waals surface area (Å²) in [4.78, 5) is 16.0. The standard InChI is InChI=1S/C12H21N3O3S/c1-14(2)11(16)10-8(13)9(18-5)12(19-10)15(3)6-7-17-4/h6-7,13H2,1-5H3. The SMILES string of the molecule is COCCN(C)c1sc(C(=O)N(C)C)c(N)c1OC. The van der Waals surface area contributed by atoms with Crippen LogP contribution in [-0.4, -0.2) is 59.3 Å². The van der Waals surface area contributed by atoms with Gasteiger partial charge in [0.15, 0.2) is 5.75 Å². The fourth-order valence-electron chi connectivity index (χ4n) is 1.56. The lowest BCUT2D eigenvalue weighted by Gasteiger charge is -2.17. The van der Waals surface area contributed by atoms with Crippen LogP contribution >= 0.6 is 11.3 Å². The van der Waals surface area contributed by atoms with Crippen molar-refractivity contribution in [2.75, 3.05) is 59.1 Å². The molecule has 1 amide bonds. The van der Waals surface area contributed by atoms with Crippen LogP contribution in [0, 0.1) is 0 Å². The molecule has 0 atom stereocenters. The Morgan fingerprint density at radius 2 is 1.95 bits per heavy atom. The van der Waals surface area contributed by atoms with Crippen LogP contribution < -0.4 is 15.4 Å². The second-order valence-electron chi connectivity index (χ2n) is 4.30. The highest BCUT2D eigenvalue weighted by molar-refractivity contribution is 7.19. The molecule has 1 aromatic rings. The molecule has 19 heavy (non-hydrogen) atoms. The number of likely N-dealkylation sites (N-methyl/N-ethyl adjacent to an activating group) is 1. The number of thiophene rings is 1. The summed E-state index contributed by atoms with van der Waals surface area (Å²) in [6, 6.07) is 0. The van der Waals surface area contributed by atoms with Crippen LogP contribution in [0.25, 0.3) is 0 Å². The molecule has 108 valence electrons. The van der Waals surface area contributed by atoms with E-state index < -0.39 is 0 Å². The largest absolute Gasteiger partial charge is 0.492 e. The number of nitrogens with zero attached hydrogens (tertiary/aromatic N) is 2. The summed E-state index contributed by atoms with van der Waals surface area (Å²) in [5.41, 5.74) is 6.39. The van der Waals surface area contributed by atoms with Gasteiger partial charge in [-0.1, -0.05) is 0 Å². The summed E-state index contributed by atoms with van der Waals surface area (Å²) in [5, 5.41) is 0.835. The average Bonchev–Trinajstić information content (AvgIpc) is 2.71. The van der Waals surface area contributed by atoms with E-state index in [-0.39, 0.29) is 5.91 Å². The maximum atomic E-state index is 12.0. The van der Waals surface area contributed by atoms with Crippen LogP contribution in [0.1, 0.15) is 9.67 Å². The number of carbonyl (C=O) groups excluding carboxylic acids is 1. The fraction of sp³-hybridized carbons (Fsp3) is 0.583. The highest BCUT2D eigenvalue weighted by Gasteiger charge is 2.24. The van der Waals surface area contributed by atoms with E-state index in [9.17, 15) is 4.79 Å². The number of amides is 1. The smallest absolute Gasteiger partial charge is 0.265 e. The number of methoxy groups -OCH3 is 2. The molecule has 0 bridgehead atoms. The van der Waals surface area contributed by atoms with E-state index in [1.54, 1.807) is 28.3 Å². The van der Waals surface area contributed by atoms with E-state index in [0.29, 0.717) is 29.5 Å². The van der Waals surface area contributed by atoms with Crippen LogP contribution in [0.5, 0.6) is 5.75 Å². The number of hydrogen-bond acceptors (Lipinski definition) is 6. The lowest BCUT2D eigenvalue weighted by Crippen LogP contribution is -2.22. The van der Waals surface area contributed by atoms with Gasteiger partial charge in [0.1, 0.15) is 15.6 Å². The second-order valence-corrected chi connectivity index (χ2v) is 5.30. The molecule has 7 heteroatoms. The molecule has 0 aliphatic carbocycles. The predicted octanol–water partition coefficient (Wildman–Crippen LogP) is 1.12. The first-order valence-corrected chi connectivity index (χ1v) is 6.63. The van der Waals surface area contributed by atoms with Gasteiger partial charge < -0.3 is 25.0 Å². The van der Waals surface area contributed by atoms with Gasteiger partial charge >= 0.3 is 0 Å². The van der Waals surface area contributed by atoms with Gasteiger partial charge in [-0.15, -0.1) is 11.3 Å². The zero-order chi connectivity index (χ0) is 14.6. The van der Waals surface area contributed by atoms with Gasteiger partial charge in [0.25, 0.3) is 5.91 Å². The van der Waals surface area contributed by atoms with Crippen molar-refractivity contribution in [2.24, 2.45) is 0 Å². The molecule has 1 aromatic heterocycles. The quantitative estimate of drug-likeness (QED) is 0.849. The van der Waals surface area contributed by atoms with Crippen molar-refractivity contribution in [2.45, 2.75) is 0 Å². The molecule has 1 rings (SSSR count). The van der Waals surface area contributed by atoms with Gasteiger partial charge in [-0.2, -0.15) is 0 Å². The minimum absolute atomic E-state index is 0.118. The van der Waals surface area contributed by atoms with Gasteiger partial charge in [-0.05, 0) is 0 Å². The van der Waals surface area contributed by atoms with Crippen LogP contribution in [0.4, 0.5) is 10.7 Å². The van der Waals surface area contributed by atoms with Gasteiger partial charge in [-0.3, -0.25) is 4.79 Å². The Labute approximate surface area is 117 Å². The summed E-state index contributed by atoms with van der Waals surface area (Å²) in [6.07, 6.45) is 0. The van der Waals surface area contributed by atoms with E-state index in [4.69, 9.17) is 15.2 Å². The van der Waals surface area contributed by atoms with E-state index in [0.717, 1.165) is 5.00 Å². The Morgan fingerprint density at radius 3 is 2.42 bits per heavy atom. The normalized spacial score (nSPS) is 10.4. The molecule has 0 fully saturated rings. The summed E-state index contributed by atoms with van der Waals surface area (Å²) >= 11 is 1.33. The molecule has 0 aliphatic rings. The molecule has 0 aromatic carbocycles. The molecule has 0 spiro atoms. The third-order valence-corrected chi connectivity index (χ3v) is 3.95. The maximum Gasteiger partial charge on any atom is 0.265 e. The second kappa shape index (κ2) is 6.63. The first-order valence-electron chi connectivity index (χ1n) is 5.82. The number of rotatable bonds is 6. The third kappa shape index (κ3) is 3.30. The molecule has 0 unspecified atom stereocenters. The number of anilines is 2. The summed E-state index contributed by atoms with van der Waals surface area (Å²) in [5.74, 6) is 0.431. The van der Waals surface area contributed by atoms with Crippen molar-refractivity contribution in [3.8, 4) is 5.75 Å². The Morgan fingerprint density at radius 1 is 1.32 bits per heavy atom. The minimum Gasteiger partial charge on any atom is -0.492 e. The highest BCUT2D eigenvalue weighted by Crippen LogP contribution is 2.44. The topological polar surface area (TPSA) is 68.0 Å². The van der Waals surface area contributed by atoms with Crippen LogP contribution in [0.2, 0.25) is 0 Å². The number of ether oxygens (including phenoxy) is 2.